The number of nitrogen functional groups attached to an aromatic ring is 1. The molecule has 0 atom stereocenters. The Labute approximate surface area is 94.0 Å². The van der Waals surface area contributed by atoms with Crippen molar-refractivity contribution in [1.82, 2.24) is 4.37 Å². The van der Waals surface area contributed by atoms with Crippen LogP contribution in [0.25, 0.3) is 0 Å². The summed E-state index contributed by atoms with van der Waals surface area (Å²) < 4.78 is 9.54. The maximum absolute atomic E-state index is 5.71. The van der Waals surface area contributed by atoms with Crippen LogP contribution < -0.4 is 15.8 Å². The van der Waals surface area contributed by atoms with Crippen LogP contribution in [0.1, 0.15) is 26.2 Å². The van der Waals surface area contributed by atoms with Gasteiger partial charge < -0.3 is 15.8 Å². The van der Waals surface area contributed by atoms with Crippen molar-refractivity contribution < 1.29 is 4.74 Å². The average Bonchev–Trinajstić information content (AvgIpc) is 2.48. The van der Waals surface area contributed by atoms with Crippen molar-refractivity contribution in [2.45, 2.75) is 26.2 Å². The van der Waals surface area contributed by atoms with Gasteiger partial charge in [0.15, 0.2) is 16.6 Å². The van der Waals surface area contributed by atoms with Crippen LogP contribution in [-0.4, -0.2) is 17.5 Å². The van der Waals surface area contributed by atoms with Crippen LogP contribution in [0.3, 0.4) is 0 Å². The molecule has 1 fully saturated rings. The lowest BCUT2D eigenvalue weighted by Crippen LogP contribution is -2.20. The van der Waals surface area contributed by atoms with Gasteiger partial charge in [-0.15, -0.1) is 0 Å². The zero-order chi connectivity index (χ0) is 10.7. The summed E-state index contributed by atoms with van der Waals surface area (Å²) in [6, 6.07) is 0. The highest BCUT2D eigenvalue weighted by atomic mass is 32.1. The van der Waals surface area contributed by atoms with Crippen molar-refractivity contribution in [2.75, 3.05) is 24.2 Å². The molecule has 0 unspecified atom stereocenters. The summed E-state index contributed by atoms with van der Waals surface area (Å²) in [6.45, 7) is 3.59. The quantitative estimate of drug-likeness (QED) is 0.810. The summed E-state index contributed by atoms with van der Waals surface area (Å²) in [7, 11) is 0. The smallest absolute Gasteiger partial charge is 0.197 e. The van der Waals surface area contributed by atoms with Crippen molar-refractivity contribution in [3.8, 4) is 5.75 Å². The van der Waals surface area contributed by atoms with Gasteiger partial charge in [-0.1, -0.05) is 6.42 Å². The van der Waals surface area contributed by atoms with Crippen LogP contribution in [0.15, 0.2) is 0 Å². The summed E-state index contributed by atoms with van der Waals surface area (Å²) in [5, 5.41) is 4.35. The van der Waals surface area contributed by atoms with Crippen LogP contribution in [0, 0.1) is 5.92 Å². The number of nitrogens with one attached hydrogen (secondary N) is 1. The Kier molecular flexibility index (Phi) is 3.30. The lowest BCUT2D eigenvalue weighted by molar-refractivity contribution is 0.330. The number of ether oxygens (including phenoxy) is 1. The Morgan fingerprint density at radius 2 is 2.40 bits per heavy atom. The summed E-state index contributed by atoms with van der Waals surface area (Å²) in [4.78, 5) is 0. The SMILES string of the molecule is CCOc1c(N)nsc1NCC1CCC1. The van der Waals surface area contributed by atoms with Crippen molar-refractivity contribution in [3.05, 3.63) is 0 Å². The van der Waals surface area contributed by atoms with Gasteiger partial charge in [-0.3, -0.25) is 0 Å². The minimum atomic E-state index is 0.498. The first-order valence-corrected chi connectivity index (χ1v) is 6.20. The molecule has 0 aromatic carbocycles. The van der Waals surface area contributed by atoms with E-state index < -0.39 is 0 Å². The summed E-state index contributed by atoms with van der Waals surface area (Å²) in [5.74, 6) is 2.04. The van der Waals surface area contributed by atoms with Gasteiger partial charge in [0, 0.05) is 6.54 Å². The molecule has 1 aromatic heterocycles. The molecule has 0 radical (unpaired) electrons. The molecular formula is C10H17N3OS. The molecule has 5 heteroatoms. The monoisotopic (exact) mass is 227 g/mol. The first kappa shape index (κ1) is 10.5. The topological polar surface area (TPSA) is 60.2 Å². The third kappa shape index (κ3) is 2.34. The van der Waals surface area contributed by atoms with Gasteiger partial charge in [0.2, 0.25) is 0 Å². The maximum Gasteiger partial charge on any atom is 0.197 e. The fourth-order valence-corrected chi connectivity index (χ4v) is 2.29. The van der Waals surface area contributed by atoms with Gasteiger partial charge in [-0.25, -0.2) is 0 Å². The molecule has 4 nitrogen and oxygen atoms in total. The lowest BCUT2D eigenvalue weighted by atomic mass is 9.85. The Hall–Kier alpha value is -0.970. The van der Waals surface area contributed by atoms with E-state index in [1.54, 1.807) is 0 Å². The van der Waals surface area contributed by atoms with Crippen molar-refractivity contribution >= 4 is 22.4 Å². The van der Waals surface area contributed by atoms with Crippen molar-refractivity contribution in [1.29, 1.82) is 0 Å². The zero-order valence-electron chi connectivity index (χ0n) is 8.95. The molecule has 1 aromatic rings. The summed E-state index contributed by atoms with van der Waals surface area (Å²) >= 11 is 1.38. The van der Waals surface area contributed by atoms with Crippen molar-refractivity contribution in [3.63, 3.8) is 0 Å². The van der Waals surface area contributed by atoms with Crippen molar-refractivity contribution in [2.24, 2.45) is 5.92 Å². The number of nitrogens with zero attached hydrogens (tertiary/aromatic N) is 1. The first-order valence-electron chi connectivity index (χ1n) is 5.43. The molecule has 1 saturated carbocycles. The third-order valence-corrected chi connectivity index (χ3v) is 3.54. The number of hydrogen-bond acceptors (Lipinski definition) is 5. The number of rotatable bonds is 5. The molecular weight excluding hydrogens is 210 g/mol. The highest BCUT2D eigenvalue weighted by Gasteiger charge is 2.19. The molecule has 0 bridgehead atoms. The molecule has 1 heterocycles. The van der Waals surface area contributed by atoms with E-state index in [-0.39, 0.29) is 0 Å². The van der Waals surface area contributed by atoms with E-state index in [1.165, 1.54) is 30.8 Å². The average molecular weight is 227 g/mol. The molecule has 2 rings (SSSR count). The second kappa shape index (κ2) is 4.70. The molecule has 3 N–H and O–H groups in total. The normalized spacial score (nSPS) is 16.1. The number of hydrogen-bond donors (Lipinski definition) is 2. The van der Waals surface area contributed by atoms with Gasteiger partial charge in [-0.05, 0) is 37.2 Å². The van der Waals surface area contributed by atoms with Crippen LogP contribution in [0.4, 0.5) is 10.8 Å². The van der Waals surface area contributed by atoms with E-state index in [4.69, 9.17) is 10.5 Å². The van der Waals surface area contributed by atoms with Crippen LogP contribution in [-0.2, 0) is 0 Å². The lowest BCUT2D eigenvalue weighted by Gasteiger charge is -2.25. The predicted molar refractivity (Wildman–Crippen MR) is 63.5 cm³/mol. The van der Waals surface area contributed by atoms with E-state index in [0.29, 0.717) is 12.4 Å². The molecule has 0 aliphatic heterocycles. The molecule has 0 amide bonds. The van der Waals surface area contributed by atoms with Crippen LogP contribution >= 0.6 is 11.5 Å². The molecule has 15 heavy (non-hydrogen) atoms. The highest BCUT2D eigenvalue weighted by molar-refractivity contribution is 7.11. The minimum absolute atomic E-state index is 0.498. The standard InChI is InChI=1S/C10H17N3OS/c1-2-14-8-9(11)13-15-10(8)12-6-7-4-3-5-7/h7,12H,2-6H2,1H3,(H2,11,13). The summed E-state index contributed by atoms with van der Waals surface area (Å²) in [6.07, 6.45) is 4.05. The van der Waals surface area contributed by atoms with Gasteiger partial charge in [0.1, 0.15) is 0 Å². The fourth-order valence-electron chi connectivity index (χ4n) is 1.62. The van der Waals surface area contributed by atoms with E-state index >= 15 is 0 Å². The maximum atomic E-state index is 5.71. The van der Waals surface area contributed by atoms with Crippen LogP contribution in [0.5, 0.6) is 5.75 Å². The minimum Gasteiger partial charge on any atom is -0.487 e. The van der Waals surface area contributed by atoms with Gasteiger partial charge in [-0.2, -0.15) is 4.37 Å². The Morgan fingerprint density at radius 1 is 1.60 bits per heavy atom. The number of anilines is 2. The van der Waals surface area contributed by atoms with Gasteiger partial charge in [0.25, 0.3) is 0 Å². The molecule has 84 valence electrons. The fraction of sp³-hybridized carbons (Fsp3) is 0.700. The summed E-state index contributed by atoms with van der Waals surface area (Å²) in [5.41, 5.74) is 5.71. The first-order chi connectivity index (χ1) is 7.31. The molecule has 0 saturated heterocycles. The second-order valence-electron chi connectivity index (χ2n) is 3.84. The van der Waals surface area contributed by atoms with Gasteiger partial charge >= 0.3 is 0 Å². The Morgan fingerprint density at radius 3 is 3.00 bits per heavy atom. The molecule has 1 aliphatic carbocycles. The molecule has 1 aliphatic rings. The second-order valence-corrected chi connectivity index (χ2v) is 4.61. The van der Waals surface area contributed by atoms with Crippen LogP contribution in [0.2, 0.25) is 0 Å². The number of nitrogens with two attached hydrogens (primary N) is 1. The molecule has 0 spiro atoms. The number of aromatic nitrogens is 1. The predicted octanol–water partition coefficient (Wildman–Crippen LogP) is 2.34. The van der Waals surface area contributed by atoms with E-state index in [1.807, 2.05) is 6.92 Å². The van der Waals surface area contributed by atoms with Gasteiger partial charge in [0.05, 0.1) is 6.61 Å². The Balaban J connectivity index is 1.93. The van der Waals surface area contributed by atoms with E-state index in [9.17, 15) is 0 Å². The largest absolute Gasteiger partial charge is 0.487 e. The zero-order valence-corrected chi connectivity index (χ0v) is 9.77. The highest BCUT2D eigenvalue weighted by Crippen LogP contribution is 2.36. The van der Waals surface area contributed by atoms with E-state index in [0.717, 1.165) is 23.2 Å². The van der Waals surface area contributed by atoms with E-state index in [2.05, 4.69) is 9.69 Å². The third-order valence-electron chi connectivity index (χ3n) is 2.74. The Bertz CT molecular complexity index is 322.